The summed E-state index contributed by atoms with van der Waals surface area (Å²) in [5.74, 6) is 0. The van der Waals surface area contributed by atoms with Crippen LogP contribution in [0.1, 0.15) is 72.1 Å². The van der Waals surface area contributed by atoms with Gasteiger partial charge in [0.25, 0.3) is 0 Å². The molecule has 0 saturated heterocycles. The van der Waals surface area contributed by atoms with Crippen LogP contribution in [0.25, 0.3) is 0 Å². The lowest BCUT2D eigenvalue weighted by atomic mass is 10.1. The molecule has 0 bridgehead atoms. The molecule has 1 N–H and O–H groups in total. The molecule has 0 unspecified atom stereocenters. The maximum atomic E-state index is 9.08. The third-order valence-corrected chi connectivity index (χ3v) is 3.34. The molecule has 1 rings (SSSR count). The fraction of sp³-hybridized carbons (Fsp3) is 0.619. The van der Waals surface area contributed by atoms with Gasteiger partial charge in [0.1, 0.15) is 0 Å². The third kappa shape index (κ3) is 10.6. The van der Waals surface area contributed by atoms with E-state index in [-0.39, 0.29) is 6.61 Å². The summed E-state index contributed by atoms with van der Waals surface area (Å²) in [6.45, 7) is 12.9. The van der Waals surface area contributed by atoms with Crippen LogP contribution in [-0.2, 0) is 19.4 Å². The van der Waals surface area contributed by atoms with Gasteiger partial charge in [0.15, 0.2) is 0 Å². The molecular weight excluding hydrogens is 310 g/mol. The molecule has 0 amide bonds. The van der Waals surface area contributed by atoms with Crippen molar-refractivity contribution in [1.82, 2.24) is 9.78 Å². The normalized spacial score (nSPS) is 10.6. The Morgan fingerprint density at radius 2 is 1.92 bits per heavy atom. The molecule has 0 saturated carbocycles. The van der Waals surface area contributed by atoms with Gasteiger partial charge >= 0.3 is 0 Å². The molecule has 0 aliphatic rings. The average Bonchev–Trinajstić information content (AvgIpc) is 3.05. The fourth-order valence-electron chi connectivity index (χ4n) is 2.27. The van der Waals surface area contributed by atoms with Gasteiger partial charge in [-0.25, -0.2) is 0 Å². The minimum Gasteiger partial charge on any atom is -0.394 e. The summed E-state index contributed by atoms with van der Waals surface area (Å²) < 4.78 is 1.87. The van der Waals surface area contributed by atoms with Crippen LogP contribution >= 0.6 is 0 Å². The number of nitrogens with zero attached hydrogens (tertiary/aromatic N) is 3. The number of hydrogen-bond donors (Lipinski definition) is 1. The molecule has 1 aromatic heterocycles. The van der Waals surface area contributed by atoms with E-state index in [1.165, 1.54) is 11.3 Å². The summed E-state index contributed by atoms with van der Waals surface area (Å²) in [6.07, 6.45) is 12.5. The first kappa shape index (κ1) is 25.4. The zero-order chi connectivity index (χ0) is 19.5. The maximum absolute atomic E-state index is 9.08. The topological polar surface area (TPSA) is 61.8 Å². The van der Waals surface area contributed by atoms with E-state index in [1.807, 2.05) is 56.8 Å². The summed E-state index contributed by atoms with van der Waals surface area (Å²) >= 11 is 0. The van der Waals surface area contributed by atoms with Gasteiger partial charge in [0.2, 0.25) is 0 Å². The second-order valence-corrected chi connectivity index (χ2v) is 4.92. The first-order valence-corrected chi connectivity index (χ1v) is 9.68. The molecule has 0 spiro atoms. The number of nitriles is 1. The van der Waals surface area contributed by atoms with Crippen LogP contribution in [0.15, 0.2) is 30.0 Å². The van der Waals surface area contributed by atoms with Crippen molar-refractivity contribution in [2.75, 3.05) is 6.61 Å². The van der Waals surface area contributed by atoms with Gasteiger partial charge in [0.05, 0.1) is 25.4 Å². The lowest BCUT2D eigenvalue weighted by Gasteiger charge is -2.05. The highest BCUT2D eigenvalue weighted by Gasteiger charge is 2.07. The van der Waals surface area contributed by atoms with Crippen LogP contribution in [0.3, 0.4) is 0 Å². The zero-order valence-corrected chi connectivity index (χ0v) is 17.0. The largest absolute Gasteiger partial charge is 0.394 e. The molecule has 25 heavy (non-hydrogen) atoms. The number of rotatable bonds is 9. The molecule has 0 atom stereocenters. The van der Waals surface area contributed by atoms with E-state index in [0.29, 0.717) is 6.54 Å². The summed E-state index contributed by atoms with van der Waals surface area (Å²) in [5.41, 5.74) is 3.11. The number of unbranched alkanes of at least 4 members (excludes halogenated alkanes) is 1. The van der Waals surface area contributed by atoms with Crippen molar-refractivity contribution in [2.45, 2.75) is 80.2 Å². The first-order chi connectivity index (χ1) is 12.3. The Kier molecular flexibility index (Phi) is 18.8. The number of aryl methyl sites for hydroxylation is 1. The highest BCUT2D eigenvalue weighted by Crippen LogP contribution is 2.13. The van der Waals surface area contributed by atoms with Gasteiger partial charge in [-0.3, -0.25) is 4.68 Å². The second kappa shape index (κ2) is 18.5. The van der Waals surface area contributed by atoms with Gasteiger partial charge in [-0.2, -0.15) is 10.4 Å². The first-order valence-electron chi connectivity index (χ1n) is 9.68. The zero-order valence-electron chi connectivity index (χ0n) is 17.0. The molecule has 4 nitrogen and oxygen atoms in total. The molecule has 1 aromatic rings. The second-order valence-electron chi connectivity index (χ2n) is 4.92. The van der Waals surface area contributed by atoms with E-state index >= 15 is 0 Å². The van der Waals surface area contributed by atoms with E-state index in [9.17, 15) is 0 Å². The standard InChI is InChI=1S/C17H25N3O.2C2H6/c1-3-5-6-8-15(13-18)9-7-10-16-14-19-20(11-12-21)17(16)4-2;2*1-2/h6,8-9,14,21H,3-5,7,10-12H2,1-2H3;2*1-2H3/b8-6-,15-9+;;. The maximum Gasteiger partial charge on any atom is 0.0988 e. The SMILES string of the molecule is CC.CC.CCC/C=C\C(C#N)=C/CCc1cnn(CCO)c1CC. The van der Waals surface area contributed by atoms with Crippen LogP contribution in [0.5, 0.6) is 0 Å². The van der Waals surface area contributed by atoms with E-state index in [1.54, 1.807) is 0 Å². The molecule has 4 heteroatoms. The molecule has 0 fully saturated rings. The summed E-state index contributed by atoms with van der Waals surface area (Å²) in [6, 6.07) is 2.22. The average molecular weight is 348 g/mol. The predicted molar refractivity (Wildman–Crippen MR) is 107 cm³/mol. The van der Waals surface area contributed by atoms with E-state index in [2.05, 4.69) is 25.0 Å². The Labute approximate surface area is 154 Å². The number of allylic oxidation sites excluding steroid dienone is 4. The number of aromatic nitrogens is 2. The van der Waals surface area contributed by atoms with Crippen LogP contribution in [0, 0.1) is 11.3 Å². The lowest BCUT2D eigenvalue weighted by molar-refractivity contribution is 0.267. The van der Waals surface area contributed by atoms with E-state index in [4.69, 9.17) is 10.4 Å². The fourth-order valence-corrected chi connectivity index (χ4v) is 2.27. The van der Waals surface area contributed by atoms with Crippen molar-refractivity contribution in [3.63, 3.8) is 0 Å². The molecule has 0 radical (unpaired) electrons. The highest BCUT2D eigenvalue weighted by atomic mass is 16.3. The quantitative estimate of drug-likeness (QED) is 0.491. The van der Waals surface area contributed by atoms with Crippen LogP contribution < -0.4 is 0 Å². The summed E-state index contributed by atoms with van der Waals surface area (Å²) in [4.78, 5) is 0. The molecule has 0 aliphatic carbocycles. The van der Waals surface area contributed by atoms with E-state index in [0.717, 1.165) is 37.7 Å². The minimum absolute atomic E-state index is 0.106. The lowest BCUT2D eigenvalue weighted by Crippen LogP contribution is -2.08. The van der Waals surface area contributed by atoms with Crippen molar-refractivity contribution in [2.24, 2.45) is 0 Å². The van der Waals surface area contributed by atoms with Crippen molar-refractivity contribution < 1.29 is 5.11 Å². The van der Waals surface area contributed by atoms with Crippen LogP contribution in [0.4, 0.5) is 0 Å². The Balaban J connectivity index is 0. The van der Waals surface area contributed by atoms with Gasteiger partial charge in [-0.15, -0.1) is 0 Å². The van der Waals surface area contributed by atoms with Gasteiger partial charge < -0.3 is 5.11 Å². The molecule has 1 heterocycles. The third-order valence-electron chi connectivity index (χ3n) is 3.34. The highest BCUT2D eigenvalue weighted by molar-refractivity contribution is 5.33. The molecule has 0 aromatic carbocycles. The smallest absolute Gasteiger partial charge is 0.0988 e. The summed E-state index contributed by atoms with van der Waals surface area (Å²) in [5, 5.41) is 22.4. The number of aliphatic hydroxyl groups is 1. The molecule has 142 valence electrons. The van der Waals surface area contributed by atoms with E-state index < -0.39 is 0 Å². The predicted octanol–water partition coefficient (Wildman–Crippen LogP) is 5.23. The number of aliphatic hydroxyl groups excluding tert-OH is 1. The van der Waals surface area contributed by atoms with Gasteiger partial charge in [-0.1, -0.05) is 60.1 Å². The van der Waals surface area contributed by atoms with Crippen molar-refractivity contribution in [1.29, 1.82) is 5.26 Å². The number of hydrogen-bond acceptors (Lipinski definition) is 3. The summed E-state index contributed by atoms with van der Waals surface area (Å²) in [7, 11) is 0. The van der Waals surface area contributed by atoms with Crippen molar-refractivity contribution in [3.8, 4) is 6.07 Å². The molecular formula is C21H37N3O. The van der Waals surface area contributed by atoms with Crippen LogP contribution in [0.2, 0.25) is 0 Å². The Morgan fingerprint density at radius 1 is 1.24 bits per heavy atom. The Hall–Kier alpha value is -1.86. The Bertz CT molecular complexity index is 522. The van der Waals surface area contributed by atoms with Gasteiger partial charge in [-0.05, 0) is 37.3 Å². The van der Waals surface area contributed by atoms with Crippen molar-refractivity contribution >= 4 is 0 Å². The van der Waals surface area contributed by atoms with Crippen molar-refractivity contribution in [3.05, 3.63) is 41.3 Å². The minimum atomic E-state index is 0.106. The molecule has 0 aliphatic heterocycles. The van der Waals surface area contributed by atoms with Gasteiger partial charge in [0, 0.05) is 11.3 Å². The van der Waals surface area contributed by atoms with Crippen LogP contribution in [-0.4, -0.2) is 21.5 Å². The Morgan fingerprint density at radius 3 is 2.44 bits per heavy atom. The monoisotopic (exact) mass is 347 g/mol.